The van der Waals surface area contributed by atoms with E-state index in [1.807, 2.05) is 0 Å². The van der Waals surface area contributed by atoms with Gasteiger partial charge >= 0.3 is 0 Å². The lowest BCUT2D eigenvalue weighted by atomic mass is 9.89. The lowest BCUT2D eigenvalue weighted by Crippen LogP contribution is -2.14. The first-order valence-corrected chi connectivity index (χ1v) is 12.8. The lowest BCUT2D eigenvalue weighted by Gasteiger charge is -2.17. The summed E-state index contributed by atoms with van der Waals surface area (Å²) in [5.74, 6) is 1.61. The standard InChI is InChI=1S/C22H21Cl2N5O2S2/c1-12-3-5-14-15(9-25)21(33-18(14)7-12)26-20(30)11-32-22-28-27-19(29(22)2)10-31-17-8-13(23)4-6-16(17)24/h4,6,8,12H,3,5,7,10-11H2,1-2H3,(H,26,30). The molecule has 4 rings (SSSR count). The molecule has 1 unspecified atom stereocenters. The first kappa shape index (κ1) is 23.9. The second kappa shape index (κ2) is 10.3. The zero-order chi connectivity index (χ0) is 23.5. The van der Waals surface area contributed by atoms with Gasteiger partial charge in [0.1, 0.15) is 23.4 Å². The topological polar surface area (TPSA) is 92.8 Å². The number of hydrogen-bond donors (Lipinski definition) is 1. The van der Waals surface area contributed by atoms with Gasteiger partial charge < -0.3 is 14.6 Å². The Labute approximate surface area is 210 Å². The van der Waals surface area contributed by atoms with Crippen LogP contribution < -0.4 is 10.1 Å². The van der Waals surface area contributed by atoms with Gasteiger partial charge in [0.25, 0.3) is 0 Å². The molecule has 0 saturated carbocycles. The van der Waals surface area contributed by atoms with Gasteiger partial charge in [0, 0.05) is 23.0 Å². The van der Waals surface area contributed by atoms with Crippen LogP contribution in [0, 0.1) is 17.2 Å². The van der Waals surface area contributed by atoms with E-state index in [0.29, 0.717) is 43.3 Å². The van der Waals surface area contributed by atoms with Gasteiger partial charge in [-0.05, 0) is 42.9 Å². The predicted octanol–water partition coefficient (Wildman–Crippen LogP) is 5.49. The predicted molar refractivity (Wildman–Crippen MR) is 131 cm³/mol. The molecule has 1 aliphatic rings. The molecule has 11 heteroatoms. The summed E-state index contributed by atoms with van der Waals surface area (Å²) in [4.78, 5) is 13.8. The van der Waals surface area contributed by atoms with E-state index in [2.05, 4.69) is 28.5 Å². The molecule has 0 aliphatic heterocycles. The van der Waals surface area contributed by atoms with E-state index in [4.69, 9.17) is 27.9 Å². The highest BCUT2D eigenvalue weighted by Gasteiger charge is 2.24. The van der Waals surface area contributed by atoms with Crippen molar-refractivity contribution in [2.24, 2.45) is 13.0 Å². The molecule has 0 fully saturated rings. The normalized spacial score (nSPS) is 15.1. The van der Waals surface area contributed by atoms with Crippen LogP contribution in [-0.2, 0) is 31.3 Å². The molecular formula is C22H21Cl2N5O2S2. The third kappa shape index (κ3) is 5.46. The van der Waals surface area contributed by atoms with Crippen LogP contribution in [0.3, 0.4) is 0 Å². The van der Waals surface area contributed by atoms with Gasteiger partial charge in [-0.1, -0.05) is 41.9 Å². The van der Waals surface area contributed by atoms with E-state index in [0.717, 1.165) is 24.8 Å². The third-order valence-corrected chi connectivity index (χ3v) is 8.12. The Hall–Kier alpha value is -2.25. The molecular weight excluding hydrogens is 501 g/mol. The smallest absolute Gasteiger partial charge is 0.235 e. The number of fused-ring (bicyclic) bond motifs is 1. The van der Waals surface area contributed by atoms with Gasteiger partial charge in [-0.2, -0.15) is 5.26 Å². The molecule has 1 atom stereocenters. The van der Waals surface area contributed by atoms with Crippen LogP contribution in [0.15, 0.2) is 23.4 Å². The Kier molecular flexibility index (Phi) is 7.49. The van der Waals surface area contributed by atoms with E-state index in [1.54, 1.807) is 29.8 Å². The van der Waals surface area contributed by atoms with Crippen molar-refractivity contribution in [1.82, 2.24) is 14.8 Å². The highest BCUT2D eigenvalue weighted by Crippen LogP contribution is 2.39. The molecule has 0 radical (unpaired) electrons. The van der Waals surface area contributed by atoms with Crippen molar-refractivity contribution in [3.8, 4) is 11.8 Å². The summed E-state index contributed by atoms with van der Waals surface area (Å²) >= 11 is 14.9. The number of aromatic nitrogens is 3. The summed E-state index contributed by atoms with van der Waals surface area (Å²) in [6, 6.07) is 7.26. The lowest BCUT2D eigenvalue weighted by molar-refractivity contribution is -0.113. The molecule has 0 spiro atoms. The maximum atomic E-state index is 12.6. The van der Waals surface area contributed by atoms with Gasteiger partial charge in [-0.25, -0.2) is 0 Å². The van der Waals surface area contributed by atoms with Crippen LogP contribution in [0.2, 0.25) is 10.0 Å². The number of rotatable bonds is 7. The number of halogens is 2. The molecule has 3 aromatic rings. The number of ether oxygens (including phenoxy) is 1. The van der Waals surface area contributed by atoms with Crippen LogP contribution in [-0.4, -0.2) is 26.4 Å². The van der Waals surface area contributed by atoms with Crippen molar-refractivity contribution in [2.45, 2.75) is 37.9 Å². The average molecular weight is 522 g/mol. The molecule has 2 heterocycles. The number of nitrogens with zero attached hydrogens (tertiary/aromatic N) is 4. The fraction of sp³-hybridized carbons (Fsp3) is 0.364. The fourth-order valence-corrected chi connectivity index (χ4v) is 6.02. The van der Waals surface area contributed by atoms with Crippen molar-refractivity contribution < 1.29 is 9.53 Å². The third-order valence-electron chi connectivity index (χ3n) is 5.38. The summed E-state index contributed by atoms with van der Waals surface area (Å²) in [7, 11) is 1.81. The number of thiophene rings is 1. The number of nitrogens with one attached hydrogen (secondary N) is 1. The summed E-state index contributed by atoms with van der Waals surface area (Å²) in [6.07, 6.45) is 2.93. The average Bonchev–Trinajstić information content (AvgIpc) is 3.31. The highest BCUT2D eigenvalue weighted by atomic mass is 35.5. The minimum Gasteiger partial charge on any atom is -0.484 e. The first-order chi connectivity index (χ1) is 15.9. The van der Waals surface area contributed by atoms with Gasteiger partial charge in [-0.15, -0.1) is 21.5 Å². The largest absolute Gasteiger partial charge is 0.484 e. The van der Waals surface area contributed by atoms with Crippen LogP contribution in [0.25, 0.3) is 0 Å². The minimum absolute atomic E-state index is 0.150. The molecule has 0 saturated heterocycles. The summed E-state index contributed by atoms with van der Waals surface area (Å²) in [5, 5.41) is 23.0. The van der Waals surface area contributed by atoms with Crippen molar-refractivity contribution in [3.63, 3.8) is 0 Å². The van der Waals surface area contributed by atoms with Crippen LogP contribution in [0.4, 0.5) is 5.00 Å². The van der Waals surface area contributed by atoms with Gasteiger partial charge in [0.2, 0.25) is 5.91 Å². The number of thioether (sulfide) groups is 1. The fourth-order valence-electron chi connectivity index (χ4n) is 3.58. The zero-order valence-corrected chi connectivity index (χ0v) is 21.2. The van der Waals surface area contributed by atoms with Gasteiger partial charge in [0.05, 0.1) is 16.3 Å². The monoisotopic (exact) mass is 521 g/mol. The number of benzene rings is 1. The van der Waals surface area contributed by atoms with Gasteiger partial charge in [0.15, 0.2) is 11.0 Å². The molecule has 0 bridgehead atoms. The van der Waals surface area contributed by atoms with E-state index in [9.17, 15) is 10.1 Å². The number of carbonyl (C=O) groups is 1. The van der Waals surface area contributed by atoms with Gasteiger partial charge in [-0.3, -0.25) is 4.79 Å². The summed E-state index contributed by atoms with van der Waals surface area (Å²) < 4.78 is 7.48. The molecule has 33 heavy (non-hydrogen) atoms. The van der Waals surface area contributed by atoms with Crippen LogP contribution >= 0.6 is 46.3 Å². The Bertz CT molecular complexity index is 1230. The number of anilines is 1. The second-order valence-corrected chi connectivity index (χ2v) is 10.7. The van der Waals surface area contributed by atoms with Crippen LogP contribution in [0.5, 0.6) is 5.75 Å². The number of amides is 1. The maximum Gasteiger partial charge on any atom is 0.235 e. The number of nitriles is 1. The zero-order valence-electron chi connectivity index (χ0n) is 18.0. The van der Waals surface area contributed by atoms with E-state index in [1.165, 1.54) is 28.0 Å². The Balaban J connectivity index is 1.35. The Morgan fingerprint density at radius 3 is 3.03 bits per heavy atom. The molecule has 2 aromatic heterocycles. The highest BCUT2D eigenvalue weighted by molar-refractivity contribution is 7.99. The molecule has 1 N–H and O–H groups in total. The SMILES string of the molecule is CC1CCc2c(sc(NC(=O)CSc3nnc(COc4cc(Cl)ccc4Cl)n3C)c2C#N)C1. The second-order valence-electron chi connectivity index (χ2n) is 7.83. The van der Waals surface area contributed by atoms with E-state index < -0.39 is 0 Å². The van der Waals surface area contributed by atoms with Crippen molar-refractivity contribution in [3.05, 3.63) is 50.1 Å². The molecule has 7 nitrogen and oxygen atoms in total. The quantitative estimate of drug-likeness (QED) is 0.413. The maximum absolute atomic E-state index is 12.6. The van der Waals surface area contributed by atoms with Crippen molar-refractivity contribution >= 4 is 57.2 Å². The number of hydrogen-bond acceptors (Lipinski definition) is 7. The summed E-state index contributed by atoms with van der Waals surface area (Å²) in [6.45, 7) is 2.37. The van der Waals surface area contributed by atoms with E-state index in [-0.39, 0.29) is 18.3 Å². The molecule has 1 aromatic carbocycles. The molecule has 172 valence electrons. The molecule has 1 amide bonds. The minimum atomic E-state index is -0.186. The Morgan fingerprint density at radius 1 is 1.42 bits per heavy atom. The Morgan fingerprint density at radius 2 is 2.24 bits per heavy atom. The van der Waals surface area contributed by atoms with Crippen LogP contribution in [0.1, 0.15) is 35.2 Å². The summed E-state index contributed by atoms with van der Waals surface area (Å²) in [5.41, 5.74) is 1.71. The van der Waals surface area contributed by atoms with E-state index >= 15 is 0 Å². The van der Waals surface area contributed by atoms with Crippen molar-refractivity contribution in [2.75, 3.05) is 11.1 Å². The number of carbonyl (C=O) groups excluding carboxylic acids is 1. The van der Waals surface area contributed by atoms with Crippen molar-refractivity contribution in [1.29, 1.82) is 5.26 Å². The molecule has 1 aliphatic carbocycles. The first-order valence-electron chi connectivity index (χ1n) is 10.3.